The van der Waals surface area contributed by atoms with Gasteiger partial charge in [-0.05, 0) is 26.2 Å². The standard InChI is InChI=1S/C13H21NO2/c1-2-3-7-14-8-4-12(5-9-14)16-13-6-10-15-11-13/h12-13H,4-11H2,1H3/t13-/m1/s1. The van der Waals surface area contributed by atoms with Crippen molar-refractivity contribution in [2.75, 3.05) is 32.8 Å². The van der Waals surface area contributed by atoms with Gasteiger partial charge in [-0.1, -0.05) is 5.92 Å². The third kappa shape index (κ3) is 3.48. The highest BCUT2D eigenvalue weighted by atomic mass is 16.5. The molecule has 0 bridgehead atoms. The molecule has 3 nitrogen and oxygen atoms in total. The first-order valence-corrected chi connectivity index (χ1v) is 6.23. The summed E-state index contributed by atoms with van der Waals surface area (Å²) in [5.41, 5.74) is 0. The molecule has 16 heavy (non-hydrogen) atoms. The lowest BCUT2D eigenvalue weighted by Gasteiger charge is -2.31. The maximum atomic E-state index is 6.02. The molecular weight excluding hydrogens is 202 g/mol. The summed E-state index contributed by atoms with van der Waals surface area (Å²) in [5, 5.41) is 0. The fraction of sp³-hybridized carbons (Fsp3) is 0.846. The molecule has 0 amide bonds. The second kappa shape index (κ2) is 6.24. The molecule has 2 heterocycles. The van der Waals surface area contributed by atoms with E-state index in [2.05, 4.69) is 16.7 Å². The quantitative estimate of drug-likeness (QED) is 0.673. The van der Waals surface area contributed by atoms with Crippen LogP contribution in [-0.4, -0.2) is 50.0 Å². The van der Waals surface area contributed by atoms with Crippen LogP contribution in [0, 0.1) is 11.8 Å². The third-order valence-corrected chi connectivity index (χ3v) is 3.29. The van der Waals surface area contributed by atoms with E-state index in [1.54, 1.807) is 0 Å². The summed E-state index contributed by atoms with van der Waals surface area (Å²) in [7, 11) is 0. The number of nitrogens with zero attached hydrogens (tertiary/aromatic N) is 1. The zero-order valence-electron chi connectivity index (χ0n) is 10.1. The Kier molecular flexibility index (Phi) is 4.65. The summed E-state index contributed by atoms with van der Waals surface area (Å²) >= 11 is 0. The maximum absolute atomic E-state index is 6.02. The van der Waals surface area contributed by atoms with Crippen LogP contribution in [0.15, 0.2) is 0 Å². The second-order valence-electron chi connectivity index (χ2n) is 4.52. The van der Waals surface area contributed by atoms with Gasteiger partial charge in [0.2, 0.25) is 0 Å². The normalized spacial score (nSPS) is 27.7. The molecule has 0 spiro atoms. The molecule has 0 aromatic heterocycles. The summed E-state index contributed by atoms with van der Waals surface area (Å²) in [6.07, 6.45) is 4.15. The van der Waals surface area contributed by atoms with E-state index in [9.17, 15) is 0 Å². The van der Waals surface area contributed by atoms with E-state index in [1.165, 1.54) is 0 Å². The molecule has 2 fully saturated rings. The Morgan fingerprint density at radius 1 is 1.25 bits per heavy atom. The molecule has 0 aromatic carbocycles. The molecule has 1 atom stereocenters. The van der Waals surface area contributed by atoms with Gasteiger partial charge in [-0.3, -0.25) is 4.90 Å². The van der Waals surface area contributed by atoms with Crippen molar-refractivity contribution >= 4 is 0 Å². The van der Waals surface area contributed by atoms with Crippen molar-refractivity contribution in [1.82, 2.24) is 4.90 Å². The van der Waals surface area contributed by atoms with Crippen molar-refractivity contribution in [3.8, 4) is 11.8 Å². The minimum absolute atomic E-state index is 0.354. The van der Waals surface area contributed by atoms with E-state index in [0.717, 1.165) is 52.1 Å². The predicted molar refractivity (Wildman–Crippen MR) is 63.2 cm³/mol. The maximum Gasteiger partial charge on any atom is 0.0834 e. The van der Waals surface area contributed by atoms with Crippen LogP contribution >= 0.6 is 0 Å². The summed E-state index contributed by atoms with van der Waals surface area (Å²) in [5.74, 6) is 6.07. The highest BCUT2D eigenvalue weighted by molar-refractivity contribution is 4.98. The number of ether oxygens (including phenoxy) is 2. The molecule has 0 saturated carbocycles. The Balaban J connectivity index is 1.65. The van der Waals surface area contributed by atoms with E-state index in [-0.39, 0.29) is 0 Å². The van der Waals surface area contributed by atoms with Crippen molar-refractivity contribution < 1.29 is 9.47 Å². The van der Waals surface area contributed by atoms with E-state index >= 15 is 0 Å². The number of likely N-dealkylation sites (tertiary alicyclic amines) is 1. The molecule has 2 saturated heterocycles. The monoisotopic (exact) mass is 223 g/mol. The van der Waals surface area contributed by atoms with Crippen LogP contribution in [-0.2, 0) is 9.47 Å². The summed E-state index contributed by atoms with van der Waals surface area (Å²) in [6, 6.07) is 0. The average Bonchev–Trinajstić information content (AvgIpc) is 2.81. The van der Waals surface area contributed by atoms with Crippen molar-refractivity contribution in [3.05, 3.63) is 0 Å². The van der Waals surface area contributed by atoms with Gasteiger partial charge >= 0.3 is 0 Å². The van der Waals surface area contributed by atoms with Gasteiger partial charge in [0.1, 0.15) is 0 Å². The van der Waals surface area contributed by atoms with E-state index in [0.29, 0.717) is 12.2 Å². The largest absolute Gasteiger partial charge is 0.379 e. The van der Waals surface area contributed by atoms with Gasteiger partial charge in [-0.2, -0.15) is 0 Å². The number of piperidine rings is 1. The smallest absolute Gasteiger partial charge is 0.0834 e. The zero-order chi connectivity index (χ0) is 11.2. The predicted octanol–water partition coefficient (Wildman–Crippen LogP) is 1.28. The molecule has 0 aliphatic carbocycles. The number of rotatable bonds is 3. The summed E-state index contributed by atoms with van der Waals surface area (Å²) < 4.78 is 11.3. The van der Waals surface area contributed by atoms with Gasteiger partial charge in [0.25, 0.3) is 0 Å². The van der Waals surface area contributed by atoms with Gasteiger partial charge in [0.05, 0.1) is 25.4 Å². The first kappa shape index (κ1) is 11.9. The molecule has 3 heteroatoms. The van der Waals surface area contributed by atoms with Crippen LogP contribution < -0.4 is 0 Å². The van der Waals surface area contributed by atoms with Crippen molar-refractivity contribution in [1.29, 1.82) is 0 Å². The van der Waals surface area contributed by atoms with Gasteiger partial charge in [-0.25, -0.2) is 0 Å². The summed E-state index contributed by atoms with van der Waals surface area (Å²) in [4.78, 5) is 2.40. The molecular formula is C13H21NO2. The first-order chi connectivity index (χ1) is 7.88. The number of hydrogen-bond donors (Lipinski definition) is 0. The highest BCUT2D eigenvalue weighted by Crippen LogP contribution is 2.18. The van der Waals surface area contributed by atoms with Crippen LogP contribution in [0.2, 0.25) is 0 Å². The lowest BCUT2D eigenvalue weighted by molar-refractivity contribution is -0.0424. The molecule has 2 aliphatic rings. The third-order valence-electron chi connectivity index (χ3n) is 3.29. The van der Waals surface area contributed by atoms with Crippen LogP contribution in [0.5, 0.6) is 0 Å². The van der Waals surface area contributed by atoms with Gasteiger partial charge < -0.3 is 9.47 Å². The lowest BCUT2D eigenvalue weighted by atomic mass is 10.1. The Labute approximate surface area is 98.1 Å². The highest BCUT2D eigenvalue weighted by Gasteiger charge is 2.24. The Morgan fingerprint density at radius 3 is 2.69 bits per heavy atom. The Bertz CT molecular complexity index is 255. The molecule has 0 N–H and O–H groups in total. The first-order valence-electron chi connectivity index (χ1n) is 6.23. The van der Waals surface area contributed by atoms with E-state index in [4.69, 9.17) is 9.47 Å². The fourth-order valence-corrected chi connectivity index (χ4v) is 2.29. The minimum Gasteiger partial charge on any atom is -0.379 e. The van der Waals surface area contributed by atoms with Crippen LogP contribution in [0.3, 0.4) is 0 Å². The fourth-order valence-electron chi connectivity index (χ4n) is 2.29. The van der Waals surface area contributed by atoms with Crippen molar-refractivity contribution in [2.45, 2.75) is 38.4 Å². The average molecular weight is 223 g/mol. The van der Waals surface area contributed by atoms with Crippen molar-refractivity contribution in [3.63, 3.8) is 0 Å². The zero-order valence-corrected chi connectivity index (χ0v) is 10.1. The SMILES string of the molecule is CC#CCN1CCC(O[C@@H]2CCOC2)CC1. The van der Waals surface area contributed by atoms with E-state index in [1.807, 2.05) is 6.92 Å². The summed E-state index contributed by atoms with van der Waals surface area (Å²) in [6.45, 7) is 6.71. The molecule has 90 valence electrons. The molecule has 0 unspecified atom stereocenters. The van der Waals surface area contributed by atoms with Crippen LogP contribution in [0.25, 0.3) is 0 Å². The van der Waals surface area contributed by atoms with Gasteiger partial charge in [0.15, 0.2) is 0 Å². The molecule has 0 aromatic rings. The number of hydrogen-bond acceptors (Lipinski definition) is 3. The van der Waals surface area contributed by atoms with Gasteiger partial charge in [-0.15, -0.1) is 5.92 Å². The molecule has 0 radical (unpaired) electrons. The molecule has 2 aliphatic heterocycles. The van der Waals surface area contributed by atoms with Crippen molar-refractivity contribution in [2.24, 2.45) is 0 Å². The Hall–Kier alpha value is -0.560. The topological polar surface area (TPSA) is 21.7 Å². The lowest BCUT2D eigenvalue weighted by Crippen LogP contribution is -2.38. The minimum atomic E-state index is 0.354. The van der Waals surface area contributed by atoms with E-state index < -0.39 is 0 Å². The Morgan fingerprint density at radius 2 is 2.06 bits per heavy atom. The second-order valence-corrected chi connectivity index (χ2v) is 4.52. The van der Waals surface area contributed by atoms with Crippen LogP contribution in [0.1, 0.15) is 26.2 Å². The van der Waals surface area contributed by atoms with Gasteiger partial charge in [0, 0.05) is 19.7 Å². The van der Waals surface area contributed by atoms with Crippen LogP contribution in [0.4, 0.5) is 0 Å². The molecule has 2 rings (SSSR count).